The molecule has 0 spiro atoms. The van der Waals surface area contributed by atoms with E-state index in [-0.39, 0.29) is 0 Å². The second-order valence-electron chi connectivity index (χ2n) is 3.67. The lowest BCUT2D eigenvalue weighted by molar-refractivity contribution is 0.643. The van der Waals surface area contributed by atoms with Crippen molar-refractivity contribution in [3.05, 3.63) is 22.7 Å². The SMILES string of the molecule is C1=CCN(c2nc3c(s2)CNCC3)C1. The highest BCUT2D eigenvalue weighted by Gasteiger charge is 2.18. The number of anilines is 1. The highest BCUT2D eigenvalue weighted by Crippen LogP contribution is 2.29. The third-order valence-corrected chi connectivity index (χ3v) is 3.84. The Bertz CT molecular complexity index is 338. The lowest BCUT2D eigenvalue weighted by atomic mass is 10.2. The van der Waals surface area contributed by atoms with Crippen molar-refractivity contribution in [2.45, 2.75) is 13.0 Å². The fourth-order valence-corrected chi connectivity index (χ4v) is 2.98. The van der Waals surface area contributed by atoms with Gasteiger partial charge in [0.05, 0.1) is 5.69 Å². The first-order valence-corrected chi connectivity index (χ1v) is 5.84. The number of hydrogen-bond acceptors (Lipinski definition) is 4. The normalized spacial score (nSPS) is 20.1. The molecule has 1 aromatic rings. The predicted octanol–water partition coefficient (Wildman–Crippen LogP) is 1.17. The number of fused-ring (bicyclic) bond motifs is 1. The Kier molecular flexibility index (Phi) is 2.03. The van der Waals surface area contributed by atoms with Crippen LogP contribution in [0.3, 0.4) is 0 Å². The molecule has 2 aliphatic heterocycles. The summed E-state index contributed by atoms with van der Waals surface area (Å²) in [7, 11) is 0. The summed E-state index contributed by atoms with van der Waals surface area (Å²) in [6.07, 6.45) is 5.50. The first kappa shape index (κ1) is 8.44. The quantitative estimate of drug-likeness (QED) is 0.701. The number of thiazole rings is 1. The summed E-state index contributed by atoms with van der Waals surface area (Å²) in [6, 6.07) is 0. The van der Waals surface area contributed by atoms with Gasteiger partial charge in [-0.3, -0.25) is 0 Å². The molecule has 0 radical (unpaired) electrons. The minimum atomic E-state index is 1.01. The number of aromatic nitrogens is 1. The van der Waals surface area contributed by atoms with Crippen molar-refractivity contribution in [1.29, 1.82) is 0 Å². The van der Waals surface area contributed by atoms with Gasteiger partial charge in [0.1, 0.15) is 0 Å². The first-order chi connectivity index (χ1) is 6.93. The summed E-state index contributed by atoms with van der Waals surface area (Å²) in [6.45, 7) is 4.14. The molecule has 3 rings (SSSR count). The molecule has 0 saturated carbocycles. The van der Waals surface area contributed by atoms with Gasteiger partial charge < -0.3 is 10.2 Å². The topological polar surface area (TPSA) is 28.2 Å². The molecule has 0 aromatic carbocycles. The van der Waals surface area contributed by atoms with Crippen LogP contribution in [0.15, 0.2) is 12.2 Å². The third-order valence-electron chi connectivity index (χ3n) is 2.68. The van der Waals surface area contributed by atoms with E-state index in [1.54, 1.807) is 0 Å². The van der Waals surface area contributed by atoms with Crippen LogP contribution in [0.2, 0.25) is 0 Å². The Labute approximate surface area is 87.5 Å². The zero-order valence-electron chi connectivity index (χ0n) is 7.99. The molecule has 4 heteroatoms. The van der Waals surface area contributed by atoms with E-state index in [4.69, 9.17) is 4.98 Å². The fraction of sp³-hybridized carbons (Fsp3) is 0.500. The average Bonchev–Trinajstić information content (AvgIpc) is 2.86. The van der Waals surface area contributed by atoms with Crippen LogP contribution >= 0.6 is 11.3 Å². The van der Waals surface area contributed by atoms with E-state index < -0.39 is 0 Å². The Morgan fingerprint density at radius 1 is 1.36 bits per heavy atom. The second-order valence-corrected chi connectivity index (χ2v) is 4.73. The number of nitrogens with one attached hydrogen (secondary N) is 1. The molecule has 0 amide bonds. The number of nitrogens with zero attached hydrogens (tertiary/aromatic N) is 2. The predicted molar refractivity (Wildman–Crippen MR) is 58.9 cm³/mol. The van der Waals surface area contributed by atoms with E-state index in [0.29, 0.717) is 0 Å². The van der Waals surface area contributed by atoms with E-state index in [9.17, 15) is 0 Å². The zero-order valence-corrected chi connectivity index (χ0v) is 8.81. The standard InChI is InChI=1S/C10H13N3S/c1-2-6-13(5-1)10-12-8-3-4-11-7-9(8)14-10/h1-2,11H,3-7H2. The van der Waals surface area contributed by atoms with Crippen molar-refractivity contribution >= 4 is 16.5 Å². The van der Waals surface area contributed by atoms with Gasteiger partial charge in [-0.15, -0.1) is 11.3 Å². The molecular weight excluding hydrogens is 194 g/mol. The minimum absolute atomic E-state index is 1.01. The molecule has 3 heterocycles. The van der Waals surface area contributed by atoms with Crippen molar-refractivity contribution in [1.82, 2.24) is 10.3 Å². The van der Waals surface area contributed by atoms with Crippen molar-refractivity contribution in [2.24, 2.45) is 0 Å². The highest BCUT2D eigenvalue weighted by molar-refractivity contribution is 7.15. The van der Waals surface area contributed by atoms with Crippen molar-refractivity contribution in [3.8, 4) is 0 Å². The van der Waals surface area contributed by atoms with Gasteiger partial charge >= 0.3 is 0 Å². The molecular formula is C10H13N3S. The maximum Gasteiger partial charge on any atom is 0.186 e. The summed E-state index contributed by atoms with van der Waals surface area (Å²) >= 11 is 1.84. The van der Waals surface area contributed by atoms with Gasteiger partial charge in [0.2, 0.25) is 0 Å². The van der Waals surface area contributed by atoms with E-state index in [2.05, 4.69) is 22.4 Å². The van der Waals surface area contributed by atoms with E-state index in [0.717, 1.165) is 32.6 Å². The number of hydrogen-bond donors (Lipinski definition) is 1. The molecule has 0 aliphatic carbocycles. The van der Waals surface area contributed by atoms with Crippen LogP contribution in [0.5, 0.6) is 0 Å². The molecule has 0 saturated heterocycles. The smallest absolute Gasteiger partial charge is 0.186 e. The Morgan fingerprint density at radius 2 is 2.21 bits per heavy atom. The van der Waals surface area contributed by atoms with Crippen LogP contribution < -0.4 is 10.2 Å². The molecule has 0 unspecified atom stereocenters. The zero-order chi connectivity index (χ0) is 9.38. The van der Waals surface area contributed by atoms with E-state index >= 15 is 0 Å². The van der Waals surface area contributed by atoms with Gasteiger partial charge in [0.15, 0.2) is 5.13 Å². The van der Waals surface area contributed by atoms with Crippen LogP contribution in [0, 0.1) is 0 Å². The van der Waals surface area contributed by atoms with Crippen molar-refractivity contribution in [3.63, 3.8) is 0 Å². The molecule has 3 nitrogen and oxygen atoms in total. The summed E-state index contributed by atoms with van der Waals surface area (Å²) < 4.78 is 0. The molecule has 14 heavy (non-hydrogen) atoms. The number of rotatable bonds is 1. The summed E-state index contributed by atoms with van der Waals surface area (Å²) in [5.41, 5.74) is 1.32. The lowest BCUT2D eigenvalue weighted by Gasteiger charge is -2.12. The molecule has 0 fully saturated rings. The van der Waals surface area contributed by atoms with Crippen LogP contribution in [-0.4, -0.2) is 24.6 Å². The summed E-state index contributed by atoms with van der Waals surface area (Å²) in [4.78, 5) is 8.45. The monoisotopic (exact) mass is 207 g/mol. The van der Waals surface area contributed by atoms with E-state index in [1.807, 2.05) is 11.3 Å². The molecule has 0 bridgehead atoms. The summed E-state index contributed by atoms with van der Waals surface area (Å²) in [5, 5.41) is 4.58. The highest BCUT2D eigenvalue weighted by atomic mass is 32.1. The third kappa shape index (κ3) is 1.35. The minimum Gasteiger partial charge on any atom is -0.341 e. The largest absolute Gasteiger partial charge is 0.341 e. The van der Waals surface area contributed by atoms with Gasteiger partial charge in [0, 0.05) is 37.5 Å². The Morgan fingerprint density at radius 3 is 3.00 bits per heavy atom. The molecule has 1 N–H and O–H groups in total. The van der Waals surface area contributed by atoms with Crippen LogP contribution in [0.1, 0.15) is 10.6 Å². The molecule has 74 valence electrons. The molecule has 2 aliphatic rings. The van der Waals surface area contributed by atoms with Gasteiger partial charge in [-0.1, -0.05) is 12.2 Å². The first-order valence-electron chi connectivity index (χ1n) is 5.03. The van der Waals surface area contributed by atoms with Gasteiger partial charge in [-0.25, -0.2) is 4.98 Å². The van der Waals surface area contributed by atoms with E-state index in [1.165, 1.54) is 15.7 Å². The van der Waals surface area contributed by atoms with Crippen molar-refractivity contribution in [2.75, 3.05) is 24.5 Å². The average molecular weight is 207 g/mol. The fourth-order valence-electron chi connectivity index (χ4n) is 1.88. The molecule has 0 atom stereocenters. The van der Waals surface area contributed by atoms with Crippen LogP contribution in [0.4, 0.5) is 5.13 Å². The van der Waals surface area contributed by atoms with Gasteiger partial charge in [-0.2, -0.15) is 0 Å². The maximum atomic E-state index is 4.70. The van der Waals surface area contributed by atoms with Gasteiger partial charge in [-0.05, 0) is 0 Å². The summed E-state index contributed by atoms with van der Waals surface area (Å²) in [5.74, 6) is 0. The van der Waals surface area contributed by atoms with Crippen LogP contribution in [-0.2, 0) is 13.0 Å². The Hall–Kier alpha value is -0.870. The second kappa shape index (κ2) is 3.37. The maximum absolute atomic E-state index is 4.70. The lowest BCUT2D eigenvalue weighted by Crippen LogP contribution is -2.22. The molecule has 1 aromatic heterocycles. The Balaban J connectivity index is 1.88. The van der Waals surface area contributed by atoms with Gasteiger partial charge in [0.25, 0.3) is 0 Å². The van der Waals surface area contributed by atoms with Crippen LogP contribution in [0.25, 0.3) is 0 Å². The van der Waals surface area contributed by atoms with Crippen molar-refractivity contribution < 1.29 is 0 Å².